The summed E-state index contributed by atoms with van der Waals surface area (Å²) in [4.78, 5) is 4.05. The van der Waals surface area contributed by atoms with Crippen molar-refractivity contribution in [1.29, 1.82) is 0 Å². The van der Waals surface area contributed by atoms with Crippen LogP contribution < -0.4 is 4.74 Å². The van der Waals surface area contributed by atoms with Gasteiger partial charge in [0.15, 0.2) is 6.61 Å². The van der Waals surface area contributed by atoms with Crippen LogP contribution in [0.5, 0.6) is 5.75 Å². The first-order valence-corrected chi connectivity index (χ1v) is 8.47. The monoisotopic (exact) mass is 376 g/mol. The average molecular weight is 376 g/mol. The first kappa shape index (κ1) is 18.9. The second-order valence-electron chi connectivity index (χ2n) is 6.58. The lowest BCUT2D eigenvalue weighted by Gasteiger charge is -2.10. The van der Waals surface area contributed by atoms with Gasteiger partial charge in [-0.05, 0) is 48.2 Å². The minimum absolute atomic E-state index is 0.00132. The summed E-state index contributed by atoms with van der Waals surface area (Å²) in [5.74, 6) is 0.992. The quantitative estimate of drug-likeness (QED) is 0.567. The highest BCUT2D eigenvalue weighted by molar-refractivity contribution is 5.59. The molecule has 0 unspecified atom stereocenters. The summed E-state index contributed by atoms with van der Waals surface area (Å²) in [5, 5.41) is 3.73. The molecule has 0 bridgehead atoms. The SMILES string of the molecule is Cc1cc(OCc2noc(-c3ccccc3C(F)(F)F)n2)cc(C(C)C)c1. The second kappa shape index (κ2) is 7.42. The van der Waals surface area contributed by atoms with Gasteiger partial charge in [-0.1, -0.05) is 37.2 Å². The molecule has 0 aliphatic rings. The number of aryl methyl sites for hydroxylation is 1. The molecule has 0 amide bonds. The highest BCUT2D eigenvalue weighted by atomic mass is 19.4. The third-order valence-electron chi connectivity index (χ3n) is 4.04. The maximum Gasteiger partial charge on any atom is 0.417 e. The number of ether oxygens (including phenoxy) is 1. The summed E-state index contributed by atoms with van der Waals surface area (Å²) >= 11 is 0. The molecule has 3 aromatic rings. The van der Waals surface area contributed by atoms with Crippen molar-refractivity contribution in [2.24, 2.45) is 0 Å². The average Bonchev–Trinajstić information content (AvgIpc) is 3.07. The molecular weight excluding hydrogens is 357 g/mol. The van der Waals surface area contributed by atoms with Gasteiger partial charge in [0.25, 0.3) is 5.89 Å². The van der Waals surface area contributed by atoms with E-state index in [-0.39, 0.29) is 23.9 Å². The van der Waals surface area contributed by atoms with Crippen molar-refractivity contribution in [3.63, 3.8) is 0 Å². The number of halogens is 3. The van der Waals surface area contributed by atoms with E-state index in [0.717, 1.165) is 17.2 Å². The molecular formula is C20H19F3N2O2. The largest absolute Gasteiger partial charge is 0.485 e. The van der Waals surface area contributed by atoms with Gasteiger partial charge in [0.1, 0.15) is 5.75 Å². The van der Waals surface area contributed by atoms with Crippen LogP contribution in [-0.4, -0.2) is 10.1 Å². The Bertz CT molecular complexity index is 933. The van der Waals surface area contributed by atoms with Crippen molar-refractivity contribution in [2.75, 3.05) is 0 Å². The number of aromatic nitrogens is 2. The second-order valence-corrected chi connectivity index (χ2v) is 6.58. The van der Waals surface area contributed by atoms with E-state index >= 15 is 0 Å². The molecule has 2 aromatic carbocycles. The zero-order valence-corrected chi connectivity index (χ0v) is 15.2. The Morgan fingerprint density at radius 1 is 1.11 bits per heavy atom. The summed E-state index contributed by atoms with van der Waals surface area (Å²) in [7, 11) is 0. The molecule has 1 aromatic heterocycles. The van der Waals surface area contributed by atoms with Crippen LogP contribution in [0.1, 0.15) is 42.3 Å². The molecule has 0 saturated heterocycles. The van der Waals surface area contributed by atoms with Gasteiger partial charge in [-0.2, -0.15) is 18.2 Å². The molecule has 0 aliphatic carbocycles. The van der Waals surface area contributed by atoms with Gasteiger partial charge >= 0.3 is 6.18 Å². The van der Waals surface area contributed by atoms with Crippen molar-refractivity contribution >= 4 is 0 Å². The topological polar surface area (TPSA) is 48.2 Å². The smallest absolute Gasteiger partial charge is 0.417 e. The Labute approximate surface area is 155 Å². The van der Waals surface area contributed by atoms with Gasteiger partial charge in [-0.15, -0.1) is 0 Å². The maximum absolute atomic E-state index is 13.1. The lowest BCUT2D eigenvalue weighted by Crippen LogP contribution is -2.07. The van der Waals surface area contributed by atoms with E-state index < -0.39 is 11.7 Å². The van der Waals surface area contributed by atoms with E-state index in [1.165, 1.54) is 18.2 Å². The van der Waals surface area contributed by atoms with Crippen LogP contribution in [0.25, 0.3) is 11.5 Å². The fourth-order valence-electron chi connectivity index (χ4n) is 2.68. The maximum atomic E-state index is 13.1. The lowest BCUT2D eigenvalue weighted by molar-refractivity contribution is -0.137. The molecule has 0 spiro atoms. The van der Waals surface area contributed by atoms with E-state index in [1.54, 1.807) is 0 Å². The normalized spacial score (nSPS) is 11.8. The zero-order valence-electron chi connectivity index (χ0n) is 15.2. The van der Waals surface area contributed by atoms with Gasteiger partial charge in [-0.25, -0.2) is 0 Å². The Kier molecular flexibility index (Phi) is 5.21. The van der Waals surface area contributed by atoms with E-state index in [0.29, 0.717) is 11.7 Å². The Morgan fingerprint density at radius 3 is 2.56 bits per heavy atom. The number of hydrogen-bond donors (Lipinski definition) is 0. The first-order valence-electron chi connectivity index (χ1n) is 8.47. The van der Waals surface area contributed by atoms with Crippen LogP contribution in [0, 0.1) is 6.92 Å². The van der Waals surface area contributed by atoms with Crippen molar-refractivity contribution in [3.05, 3.63) is 65.0 Å². The number of nitrogens with zero attached hydrogens (tertiary/aromatic N) is 2. The molecule has 3 rings (SSSR count). The Morgan fingerprint density at radius 2 is 1.85 bits per heavy atom. The van der Waals surface area contributed by atoms with Crippen LogP contribution in [0.2, 0.25) is 0 Å². The molecule has 0 atom stereocenters. The highest BCUT2D eigenvalue weighted by Gasteiger charge is 2.34. The van der Waals surface area contributed by atoms with E-state index in [1.807, 2.05) is 19.1 Å². The molecule has 0 saturated carbocycles. The fraction of sp³-hybridized carbons (Fsp3) is 0.300. The standard InChI is InChI=1S/C20H19F3N2O2/c1-12(2)14-8-13(3)9-15(10-14)26-11-18-24-19(27-25-18)16-6-4-5-7-17(16)20(21,22)23/h4-10,12H,11H2,1-3H3. The van der Waals surface area contributed by atoms with E-state index in [9.17, 15) is 13.2 Å². The van der Waals surface area contributed by atoms with Crippen molar-refractivity contribution in [3.8, 4) is 17.2 Å². The Hall–Kier alpha value is -2.83. The van der Waals surface area contributed by atoms with Crippen LogP contribution in [0.15, 0.2) is 47.0 Å². The van der Waals surface area contributed by atoms with Crippen LogP contribution in [-0.2, 0) is 12.8 Å². The lowest BCUT2D eigenvalue weighted by atomic mass is 10.0. The van der Waals surface area contributed by atoms with Gasteiger partial charge in [-0.3, -0.25) is 0 Å². The zero-order chi connectivity index (χ0) is 19.6. The molecule has 7 heteroatoms. The van der Waals surface area contributed by atoms with Gasteiger partial charge in [0, 0.05) is 0 Å². The molecule has 142 valence electrons. The number of alkyl halides is 3. The first-order chi connectivity index (χ1) is 12.7. The molecule has 0 radical (unpaired) electrons. The summed E-state index contributed by atoms with van der Waals surface area (Å²) in [6.07, 6.45) is -4.50. The molecule has 1 heterocycles. The number of hydrogen-bond acceptors (Lipinski definition) is 4. The van der Waals surface area contributed by atoms with Gasteiger partial charge < -0.3 is 9.26 Å². The summed E-state index contributed by atoms with van der Waals surface area (Å²) in [6, 6.07) is 11.0. The number of benzene rings is 2. The third-order valence-corrected chi connectivity index (χ3v) is 4.04. The fourth-order valence-corrected chi connectivity index (χ4v) is 2.68. The Balaban J connectivity index is 1.79. The minimum Gasteiger partial charge on any atom is -0.485 e. The molecule has 0 N–H and O–H groups in total. The summed E-state index contributed by atoms with van der Waals surface area (Å²) in [5.41, 5.74) is 1.23. The minimum atomic E-state index is -4.50. The summed E-state index contributed by atoms with van der Waals surface area (Å²) in [6.45, 7) is 6.14. The summed E-state index contributed by atoms with van der Waals surface area (Å²) < 4.78 is 50.1. The molecule has 0 aliphatic heterocycles. The van der Waals surface area contributed by atoms with Crippen LogP contribution in [0.4, 0.5) is 13.2 Å². The predicted octanol–water partition coefficient (Wildman–Crippen LogP) is 5.77. The van der Waals surface area contributed by atoms with Crippen LogP contribution >= 0.6 is 0 Å². The van der Waals surface area contributed by atoms with Crippen molar-refractivity contribution < 1.29 is 22.4 Å². The van der Waals surface area contributed by atoms with Crippen molar-refractivity contribution in [1.82, 2.24) is 10.1 Å². The highest BCUT2D eigenvalue weighted by Crippen LogP contribution is 2.36. The van der Waals surface area contributed by atoms with Gasteiger partial charge in [0.2, 0.25) is 5.82 Å². The van der Waals surface area contributed by atoms with Crippen molar-refractivity contribution in [2.45, 2.75) is 39.5 Å². The molecule has 0 fully saturated rings. The number of rotatable bonds is 5. The predicted molar refractivity (Wildman–Crippen MR) is 94.3 cm³/mol. The third kappa shape index (κ3) is 4.48. The van der Waals surface area contributed by atoms with Gasteiger partial charge in [0.05, 0.1) is 11.1 Å². The molecule has 4 nitrogen and oxygen atoms in total. The molecule has 27 heavy (non-hydrogen) atoms. The van der Waals surface area contributed by atoms with E-state index in [2.05, 4.69) is 30.1 Å². The van der Waals surface area contributed by atoms with E-state index in [4.69, 9.17) is 9.26 Å². The van der Waals surface area contributed by atoms with Crippen LogP contribution in [0.3, 0.4) is 0 Å².